The molecule has 7 heteroatoms. The Balaban J connectivity index is 2.11. The van der Waals surface area contributed by atoms with Crippen molar-refractivity contribution in [3.05, 3.63) is 0 Å². The van der Waals surface area contributed by atoms with Crippen molar-refractivity contribution >= 4 is 18.0 Å². The van der Waals surface area contributed by atoms with Crippen molar-refractivity contribution in [2.24, 2.45) is 0 Å². The Labute approximate surface area is 105 Å². The molecule has 2 aliphatic rings. The molecule has 0 aromatic rings. The number of rotatable bonds is 3. The number of carbonyl (C=O) groups is 3. The van der Waals surface area contributed by atoms with Gasteiger partial charge in [-0.05, 0) is 26.7 Å². The van der Waals surface area contributed by atoms with Crippen molar-refractivity contribution in [3.63, 3.8) is 0 Å². The Morgan fingerprint density at radius 3 is 2.11 bits per heavy atom. The van der Waals surface area contributed by atoms with Gasteiger partial charge >= 0.3 is 12.1 Å². The first-order valence-electron chi connectivity index (χ1n) is 6.11. The number of hydrogen-bond donors (Lipinski definition) is 2. The molecule has 7 nitrogen and oxygen atoms in total. The molecular formula is C11H18N4O3. The van der Waals surface area contributed by atoms with Gasteiger partial charge in [0.15, 0.2) is 6.29 Å². The Bertz CT molecular complexity index is 374. The van der Waals surface area contributed by atoms with E-state index in [2.05, 4.69) is 10.6 Å². The summed E-state index contributed by atoms with van der Waals surface area (Å²) in [7, 11) is 0. The van der Waals surface area contributed by atoms with Gasteiger partial charge in [0, 0.05) is 19.0 Å². The summed E-state index contributed by atoms with van der Waals surface area (Å²) >= 11 is 0. The van der Waals surface area contributed by atoms with Crippen LogP contribution in [0.25, 0.3) is 0 Å². The van der Waals surface area contributed by atoms with Gasteiger partial charge in [0.05, 0.1) is 0 Å². The van der Waals surface area contributed by atoms with E-state index in [1.807, 2.05) is 0 Å². The number of carbonyl (C=O) groups excluding carboxylic acids is 3. The number of amides is 5. The van der Waals surface area contributed by atoms with Gasteiger partial charge in [0.1, 0.15) is 0 Å². The maximum Gasteiger partial charge on any atom is 0.328 e. The Hall–Kier alpha value is -1.79. The van der Waals surface area contributed by atoms with Crippen LogP contribution in [0.2, 0.25) is 0 Å². The van der Waals surface area contributed by atoms with Gasteiger partial charge in [0.2, 0.25) is 5.91 Å². The highest BCUT2D eigenvalue weighted by Gasteiger charge is 2.42. The van der Waals surface area contributed by atoms with E-state index < -0.39 is 18.4 Å². The van der Waals surface area contributed by atoms with E-state index in [1.54, 1.807) is 13.8 Å². The average molecular weight is 254 g/mol. The first-order valence-corrected chi connectivity index (χ1v) is 6.11. The van der Waals surface area contributed by atoms with Crippen LogP contribution >= 0.6 is 0 Å². The molecule has 2 rings (SSSR count). The summed E-state index contributed by atoms with van der Waals surface area (Å²) < 4.78 is 0. The number of nitrogens with one attached hydrogen (secondary N) is 2. The molecule has 1 saturated heterocycles. The van der Waals surface area contributed by atoms with Crippen molar-refractivity contribution in [3.8, 4) is 0 Å². The Kier molecular flexibility index (Phi) is 3.14. The van der Waals surface area contributed by atoms with E-state index in [-0.39, 0.29) is 18.0 Å². The van der Waals surface area contributed by atoms with Crippen LogP contribution in [0.3, 0.4) is 0 Å². The monoisotopic (exact) mass is 254 g/mol. The van der Waals surface area contributed by atoms with Crippen LogP contribution in [0, 0.1) is 0 Å². The van der Waals surface area contributed by atoms with Crippen molar-refractivity contribution in [1.82, 2.24) is 20.4 Å². The molecule has 18 heavy (non-hydrogen) atoms. The lowest BCUT2D eigenvalue weighted by Crippen LogP contribution is -2.70. The molecule has 0 bridgehead atoms. The number of imide groups is 1. The largest absolute Gasteiger partial charge is 0.328 e. The van der Waals surface area contributed by atoms with Crippen molar-refractivity contribution in [1.29, 1.82) is 0 Å². The third kappa shape index (κ3) is 2.25. The van der Waals surface area contributed by atoms with Crippen molar-refractivity contribution in [2.45, 2.75) is 52.0 Å². The molecule has 100 valence electrons. The highest BCUT2D eigenvalue weighted by Crippen LogP contribution is 2.28. The summed E-state index contributed by atoms with van der Waals surface area (Å²) in [6, 6.07) is -1.03. The zero-order valence-corrected chi connectivity index (χ0v) is 10.8. The highest BCUT2D eigenvalue weighted by atomic mass is 16.2. The van der Waals surface area contributed by atoms with Crippen LogP contribution in [0.4, 0.5) is 9.59 Å². The minimum Gasteiger partial charge on any atom is -0.302 e. The molecule has 2 fully saturated rings. The second-order valence-electron chi connectivity index (χ2n) is 4.92. The fourth-order valence-corrected chi connectivity index (χ4v) is 2.11. The number of nitrogens with zero attached hydrogens (tertiary/aromatic N) is 2. The lowest BCUT2D eigenvalue weighted by atomic mass is 10.3. The van der Waals surface area contributed by atoms with E-state index in [1.165, 1.54) is 11.8 Å². The van der Waals surface area contributed by atoms with E-state index in [4.69, 9.17) is 0 Å². The first kappa shape index (κ1) is 12.7. The second-order valence-corrected chi connectivity index (χ2v) is 4.92. The molecule has 2 N–H and O–H groups in total. The molecule has 5 amide bonds. The third-order valence-corrected chi connectivity index (χ3v) is 3.06. The fourth-order valence-electron chi connectivity index (χ4n) is 2.11. The SMILES string of the molecule is CC(=O)N(C1CC1)C1NC(=O)N(C(C)C)C(=O)N1. The zero-order chi connectivity index (χ0) is 13.4. The lowest BCUT2D eigenvalue weighted by Gasteiger charge is -2.39. The summed E-state index contributed by atoms with van der Waals surface area (Å²) in [5.74, 6) is -0.152. The standard InChI is InChI=1S/C11H18N4O3/c1-6(2)14-10(17)12-9(13-11(14)18)15(7(3)16)8-4-5-8/h6,8-9H,4-5H2,1-3H3,(H,12,17)(H,13,18). The van der Waals surface area contributed by atoms with Crippen LogP contribution < -0.4 is 10.6 Å². The minimum absolute atomic E-state index is 0.124. The quantitative estimate of drug-likeness (QED) is 0.766. The first-order chi connectivity index (χ1) is 8.41. The normalized spacial score (nSPS) is 20.8. The van der Waals surface area contributed by atoms with Crippen LogP contribution in [0.1, 0.15) is 33.6 Å². The third-order valence-electron chi connectivity index (χ3n) is 3.06. The second kappa shape index (κ2) is 4.47. The van der Waals surface area contributed by atoms with Crippen molar-refractivity contribution in [2.75, 3.05) is 0 Å². The molecule has 0 spiro atoms. The lowest BCUT2D eigenvalue weighted by molar-refractivity contribution is -0.133. The maximum atomic E-state index is 11.8. The van der Waals surface area contributed by atoms with Crippen LogP contribution in [0.15, 0.2) is 0 Å². The predicted molar refractivity (Wildman–Crippen MR) is 63.4 cm³/mol. The number of hydrogen-bond acceptors (Lipinski definition) is 3. The van der Waals surface area contributed by atoms with E-state index in [0.29, 0.717) is 0 Å². The van der Waals surface area contributed by atoms with Gasteiger partial charge < -0.3 is 4.90 Å². The molecule has 0 radical (unpaired) electrons. The Morgan fingerprint density at radius 2 is 1.78 bits per heavy atom. The smallest absolute Gasteiger partial charge is 0.302 e. The van der Waals surface area contributed by atoms with Crippen molar-refractivity contribution < 1.29 is 14.4 Å². The molecule has 0 aromatic heterocycles. The van der Waals surface area contributed by atoms with E-state index in [9.17, 15) is 14.4 Å². The van der Waals surface area contributed by atoms with Gasteiger partial charge in [-0.1, -0.05) is 0 Å². The molecule has 1 saturated carbocycles. The van der Waals surface area contributed by atoms with Gasteiger partial charge in [-0.2, -0.15) is 0 Å². The van der Waals surface area contributed by atoms with Crippen LogP contribution in [0.5, 0.6) is 0 Å². The summed E-state index contributed by atoms with van der Waals surface area (Å²) in [4.78, 5) is 37.9. The molecule has 0 atom stereocenters. The van der Waals surface area contributed by atoms with Gasteiger partial charge in [-0.25, -0.2) is 14.5 Å². The zero-order valence-electron chi connectivity index (χ0n) is 10.8. The summed E-state index contributed by atoms with van der Waals surface area (Å²) in [5, 5.41) is 5.28. The van der Waals surface area contributed by atoms with Gasteiger partial charge in [0.25, 0.3) is 0 Å². The summed E-state index contributed by atoms with van der Waals surface area (Å²) in [6.07, 6.45) is 1.09. The predicted octanol–water partition coefficient (Wildman–Crippen LogP) is 0.424. The van der Waals surface area contributed by atoms with Gasteiger partial charge in [-0.15, -0.1) is 0 Å². The van der Waals surface area contributed by atoms with Crippen LogP contribution in [-0.4, -0.2) is 46.1 Å². The fraction of sp³-hybridized carbons (Fsp3) is 0.727. The molecule has 0 unspecified atom stereocenters. The average Bonchev–Trinajstić information content (AvgIpc) is 2.99. The summed E-state index contributed by atoms with van der Waals surface area (Å²) in [6.45, 7) is 4.94. The minimum atomic E-state index is -0.731. The maximum absolute atomic E-state index is 11.8. The molecule has 0 aromatic carbocycles. The number of urea groups is 2. The molecule has 1 heterocycles. The topological polar surface area (TPSA) is 81.8 Å². The van der Waals surface area contributed by atoms with E-state index in [0.717, 1.165) is 17.7 Å². The Morgan fingerprint density at radius 1 is 1.28 bits per heavy atom. The highest BCUT2D eigenvalue weighted by molar-refractivity contribution is 5.96. The van der Waals surface area contributed by atoms with Crippen LogP contribution in [-0.2, 0) is 4.79 Å². The summed E-state index contributed by atoms with van der Waals surface area (Å²) in [5.41, 5.74) is 0. The molecule has 1 aliphatic heterocycles. The van der Waals surface area contributed by atoms with E-state index >= 15 is 0 Å². The molecular weight excluding hydrogens is 236 g/mol. The molecule has 1 aliphatic carbocycles. The van der Waals surface area contributed by atoms with Gasteiger partial charge in [-0.3, -0.25) is 15.4 Å².